The summed E-state index contributed by atoms with van der Waals surface area (Å²) in [6.07, 6.45) is 2.01. The molecule has 6 heteroatoms. The number of rotatable bonds is 3. The van der Waals surface area contributed by atoms with E-state index < -0.39 is 0 Å². The van der Waals surface area contributed by atoms with Crippen LogP contribution in [-0.4, -0.2) is 35.8 Å². The summed E-state index contributed by atoms with van der Waals surface area (Å²) >= 11 is 7.47. The monoisotopic (exact) mass is 298 g/mol. The molecule has 2 aliphatic rings. The third-order valence-corrected chi connectivity index (χ3v) is 5.24. The molecule has 0 spiro atoms. The van der Waals surface area contributed by atoms with Gasteiger partial charge in [0.1, 0.15) is 4.88 Å². The number of amides is 2. The van der Waals surface area contributed by atoms with Crippen LogP contribution in [0.4, 0.5) is 0 Å². The standard InChI is InChI=1S/C13H15ClN2O2S/c1-7-6-19-11(10(7)14)13(18)16-4-9(5-16)15-12(17)8-2-3-8/h6,8-9H,2-5H2,1H3,(H,15,17). The fourth-order valence-electron chi connectivity index (χ4n) is 2.12. The Labute approximate surface area is 120 Å². The van der Waals surface area contributed by atoms with Gasteiger partial charge < -0.3 is 10.2 Å². The van der Waals surface area contributed by atoms with E-state index in [9.17, 15) is 9.59 Å². The Hall–Kier alpha value is -1.07. The number of carbonyl (C=O) groups excluding carboxylic acids is 2. The zero-order valence-electron chi connectivity index (χ0n) is 10.6. The van der Waals surface area contributed by atoms with E-state index >= 15 is 0 Å². The first-order valence-electron chi connectivity index (χ1n) is 6.39. The van der Waals surface area contributed by atoms with Crippen LogP contribution < -0.4 is 5.32 Å². The Balaban J connectivity index is 1.54. The molecule has 0 atom stereocenters. The van der Waals surface area contributed by atoms with Crippen LogP contribution in [0.5, 0.6) is 0 Å². The molecule has 0 aromatic carbocycles. The lowest BCUT2D eigenvalue weighted by Gasteiger charge is -2.39. The van der Waals surface area contributed by atoms with Crippen molar-refractivity contribution in [3.8, 4) is 0 Å². The van der Waals surface area contributed by atoms with Gasteiger partial charge in [0.2, 0.25) is 5.91 Å². The van der Waals surface area contributed by atoms with E-state index in [4.69, 9.17) is 11.6 Å². The van der Waals surface area contributed by atoms with Crippen LogP contribution in [0.25, 0.3) is 0 Å². The molecular weight excluding hydrogens is 284 g/mol. The van der Waals surface area contributed by atoms with Crippen molar-refractivity contribution < 1.29 is 9.59 Å². The molecule has 19 heavy (non-hydrogen) atoms. The number of hydrogen-bond donors (Lipinski definition) is 1. The zero-order valence-corrected chi connectivity index (χ0v) is 12.2. The first-order valence-corrected chi connectivity index (χ1v) is 7.65. The number of likely N-dealkylation sites (tertiary alicyclic amines) is 1. The Bertz CT molecular complexity index is 533. The highest BCUT2D eigenvalue weighted by Crippen LogP contribution is 2.31. The lowest BCUT2D eigenvalue weighted by Crippen LogP contribution is -2.61. The van der Waals surface area contributed by atoms with E-state index in [1.165, 1.54) is 11.3 Å². The van der Waals surface area contributed by atoms with Crippen LogP contribution in [0.3, 0.4) is 0 Å². The second kappa shape index (κ2) is 4.80. The summed E-state index contributed by atoms with van der Waals surface area (Å²) < 4.78 is 0. The van der Waals surface area contributed by atoms with Gasteiger partial charge in [-0.15, -0.1) is 11.3 Å². The molecule has 4 nitrogen and oxygen atoms in total. The van der Waals surface area contributed by atoms with Crippen molar-refractivity contribution in [2.24, 2.45) is 5.92 Å². The largest absolute Gasteiger partial charge is 0.350 e. The van der Waals surface area contributed by atoms with E-state index in [0.717, 1.165) is 18.4 Å². The van der Waals surface area contributed by atoms with Crippen molar-refractivity contribution in [1.82, 2.24) is 10.2 Å². The van der Waals surface area contributed by atoms with Crippen LogP contribution in [0, 0.1) is 12.8 Å². The summed E-state index contributed by atoms with van der Waals surface area (Å²) in [5, 5.41) is 5.42. The average Bonchev–Trinajstić information content (AvgIpc) is 3.11. The molecule has 1 aromatic rings. The van der Waals surface area contributed by atoms with Gasteiger partial charge >= 0.3 is 0 Å². The number of nitrogens with zero attached hydrogens (tertiary/aromatic N) is 1. The third kappa shape index (κ3) is 2.49. The number of carbonyl (C=O) groups is 2. The molecule has 0 radical (unpaired) electrons. The molecule has 1 aliphatic heterocycles. The van der Waals surface area contributed by atoms with Crippen molar-refractivity contribution >= 4 is 34.8 Å². The predicted octanol–water partition coefficient (Wildman–Crippen LogP) is 2.06. The highest BCUT2D eigenvalue weighted by atomic mass is 35.5. The fraction of sp³-hybridized carbons (Fsp3) is 0.538. The summed E-state index contributed by atoms with van der Waals surface area (Å²) in [5.74, 6) is 0.335. The molecular formula is C13H15ClN2O2S. The predicted molar refractivity (Wildman–Crippen MR) is 74.6 cm³/mol. The summed E-state index contributed by atoms with van der Waals surface area (Å²) in [4.78, 5) is 26.1. The molecule has 1 saturated heterocycles. The summed E-state index contributed by atoms with van der Waals surface area (Å²) in [7, 11) is 0. The normalized spacial score (nSPS) is 19.2. The second-order valence-corrected chi connectivity index (χ2v) is 6.51. The smallest absolute Gasteiger partial charge is 0.265 e. The first kappa shape index (κ1) is 12.9. The van der Waals surface area contributed by atoms with Gasteiger partial charge in [-0.2, -0.15) is 0 Å². The number of hydrogen-bond acceptors (Lipinski definition) is 3. The maximum atomic E-state index is 12.2. The Kier molecular flexibility index (Phi) is 3.27. The van der Waals surface area contributed by atoms with E-state index in [2.05, 4.69) is 5.32 Å². The van der Waals surface area contributed by atoms with E-state index in [1.807, 2.05) is 12.3 Å². The van der Waals surface area contributed by atoms with Gasteiger partial charge in [-0.25, -0.2) is 0 Å². The SMILES string of the molecule is Cc1csc(C(=O)N2CC(NC(=O)C3CC3)C2)c1Cl. The molecule has 1 saturated carbocycles. The molecule has 2 heterocycles. The van der Waals surface area contributed by atoms with Crippen molar-refractivity contribution in [3.63, 3.8) is 0 Å². The van der Waals surface area contributed by atoms with Gasteiger partial charge in [0.15, 0.2) is 0 Å². The van der Waals surface area contributed by atoms with Gasteiger partial charge in [-0.1, -0.05) is 11.6 Å². The minimum absolute atomic E-state index is 0.0278. The maximum Gasteiger partial charge on any atom is 0.265 e. The number of nitrogens with one attached hydrogen (secondary N) is 1. The number of aryl methyl sites for hydroxylation is 1. The molecule has 0 bridgehead atoms. The molecule has 0 unspecified atom stereocenters. The second-order valence-electron chi connectivity index (χ2n) is 5.25. The fourth-order valence-corrected chi connectivity index (χ4v) is 3.36. The van der Waals surface area contributed by atoms with Gasteiger partial charge in [0, 0.05) is 19.0 Å². The highest BCUT2D eigenvalue weighted by molar-refractivity contribution is 7.13. The third-order valence-electron chi connectivity index (χ3n) is 3.56. The number of halogens is 1. The van der Waals surface area contributed by atoms with E-state index in [0.29, 0.717) is 23.0 Å². The van der Waals surface area contributed by atoms with Crippen molar-refractivity contribution in [1.29, 1.82) is 0 Å². The molecule has 2 amide bonds. The molecule has 2 fully saturated rings. The molecule has 1 aromatic heterocycles. The lowest BCUT2D eigenvalue weighted by atomic mass is 10.1. The quantitative estimate of drug-likeness (QED) is 0.928. The van der Waals surface area contributed by atoms with E-state index in [-0.39, 0.29) is 23.8 Å². The Morgan fingerprint density at radius 2 is 2.11 bits per heavy atom. The van der Waals surface area contributed by atoms with Crippen LogP contribution in [0.2, 0.25) is 5.02 Å². The topological polar surface area (TPSA) is 49.4 Å². The van der Waals surface area contributed by atoms with Crippen molar-refractivity contribution in [2.75, 3.05) is 13.1 Å². The summed E-state index contributed by atoms with van der Waals surface area (Å²) in [6.45, 7) is 3.07. The Morgan fingerprint density at radius 1 is 1.42 bits per heavy atom. The molecule has 1 N–H and O–H groups in total. The van der Waals surface area contributed by atoms with Crippen LogP contribution in [-0.2, 0) is 4.79 Å². The van der Waals surface area contributed by atoms with Crippen molar-refractivity contribution in [3.05, 3.63) is 20.8 Å². The van der Waals surface area contributed by atoms with Crippen molar-refractivity contribution in [2.45, 2.75) is 25.8 Å². The van der Waals surface area contributed by atoms with Gasteiger partial charge in [-0.05, 0) is 30.7 Å². The van der Waals surface area contributed by atoms with Gasteiger partial charge in [-0.3, -0.25) is 9.59 Å². The van der Waals surface area contributed by atoms with E-state index in [1.54, 1.807) is 4.90 Å². The lowest BCUT2D eigenvalue weighted by molar-refractivity contribution is -0.123. The molecule has 102 valence electrons. The maximum absolute atomic E-state index is 12.2. The minimum atomic E-state index is -0.0278. The average molecular weight is 299 g/mol. The minimum Gasteiger partial charge on any atom is -0.350 e. The van der Waals surface area contributed by atoms with Crippen LogP contribution in [0.15, 0.2) is 5.38 Å². The van der Waals surface area contributed by atoms with Crippen LogP contribution >= 0.6 is 22.9 Å². The Morgan fingerprint density at radius 3 is 2.63 bits per heavy atom. The van der Waals surface area contributed by atoms with Gasteiger partial charge in [0.25, 0.3) is 5.91 Å². The molecule has 3 rings (SSSR count). The van der Waals surface area contributed by atoms with Gasteiger partial charge in [0.05, 0.1) is 11.1 Å². The first-order chi connectivity index (χ1) is 9.06. The molecule has 1 aliphatic carbocycles. The van der Waals surface area contributed by atoms with Crippen LogP contribution in [0.1, 0.15) is 28.1 Å². The highest BCUT2D eigenvalue weighted by Gasteiger charge is 2.37. The summed E-state index contributed by atoms with van der Waals surface area (Å²) in [5.41, 5.74) is 0.939. The summed E-state index contributed by atoms with van der Waals surface area (Å²) in [6, 6.07) is 0.108. The zero-order chi connectivity index (χ0) is 13.6. The number of thiophene rings is 1.